The average molecular weight is 256 g/mol. The van der Waals surface area contributed by atoms with Crippen molar-refractivity contribution in [3.05, 3.63) is 29.3 Å². The highest BCUT2D eigenvalue weighted by Crippen LogP contribution is 2.16. The molecule has 0 heterocycles. The Labute approximate surface area is 107 Å². The largest absolute Gasteiger partial charge is 0.492 e. The van der Waals surface area contributed by atoms with Crippen molar-refractivity contribution in [3.8, 4) is 5.75 Å². The van der Waals surface area contributed by atoms with Gasteiger partial charge in [-0.25, -0.2) is 0 Å². The van der Waals surface area contributed by atoms with Gasteiger partial charge >= 0.3 is 0 Å². The van der Waals surface area contributed by atoms with Crippen molar-refractivity contribution in [2.45, 2.75) is 20.3 Å². The molecule has 17 heavy (non-hydrogen) atoms. The Balaban J connectivity index is 2.18. The molecular formula is C13H18ClNO2. The summed E-state index contributed by atoms with van der Waals surface area (Å²) in [6.07, 6.45) is 0.553. The molecule has 94 valence electrons. The molecule has 4 heteroatoms. The van der Waals surface area contributed by atoms with Crippen LogP contribution in [0.3, 0.4) is 0 Å². The number of carbonyl (C=O) groups excluding carboxylic acids is 1. The lowest BCUT2D eigenvalue weighted by Crippen LogP contribution is -2.28. The van der Waals surface area contributed by atoms with Gasteiger partial charge in [-0.15, -0.1) is 0 Å². The number of benzene rings is 1. The van der Waals surface area contributed by atoms with E-state index in [1.807, 2.05) is 26.0 Å². The van der Waals surface area contributed by atoms with Gasteiger partial charge in [0.1, 0.15) is 12.4 Å². The number of rotatable bonds is 6. The fraction of sp³-hybridized carbons (Fsp3) is 0.462. The first-order valence-corrected chi connectivity index (χ1v) is 6.11. The summed E-state index contributed by atoms with van der Waals surface area (Å²) < 4.78 is 5.44. The van der Waals surface area contributed by atoms with Gasteiger partial charge in [-0.05, 0) is 24.1 Å². The maximum absolute atomic E-state index is 11.3. The molecule has 0 aliphatic heterocycles. The van der Waals surface area contributed by atoms with E-state index in [2.05, 4.69) is 5.32 Å². The van der Waals surface area contributed by atoms with E-state index in [-0.39, 0.29) is 5.91 Å². The fourth-order valence-corrected chi connectivity index (χ4v) is 1.54. The van der Waals surface area contributed by atoms with Crippen molar-refractivity contribution in [3.63, 3.8) is 0 Å². The predicted octanol–water partition coefficient (Wildman–Crippen LogP) is 2.88. The Morgan fingerprint density at radius 1 is 1.47 bits per heavy atom. The third-order valence-electron chi connectivity index (χ3n) is 2.08. The number of carbonyl (C=O) groups is 1. The minimum absolute atomic E-state index is 0.0645. The lowest BCUT2D eigenvalue weighted by molar-refractivity contribution is -0.121. The maximum atomic E-state index is 11.3. The van der Waals surface area contributed by atoms with Crippen LogP contribution in [0.25, 0.3) is 0 Å². The molecule has 0 saturated carbocycles. The number of hydrogen-bond acceptors (Lipinski definition) is 2. The molecule has 0 saturated heterocycles. The standard InChI is InChI=1S/C13H18ClNO2/c1-10(2)8-13(16)15-6-7-17-12-5-3-4-11(14)9-12/h3-5,9-10H,6-8H2,1-2H3,(H,15,16). The number of ether oxygens (including phenoxy) is 1. The van der Waals surface area contributed by atoms with Gasteiger partial charge in [0.25, 0.3) is 0 Å². The molecule has 3 nitrogen and oxygen atoms in total. The van der Waals surface area contributed by atoms with Crippen LogP contribution in [0.1, 0.15) is 20.3 Å². The third-order valence-corrected chi connectivity index (χ3v) is 2.32. The van der Waals surface area contributed by atoms with E-state index in [0.29, 0.717) is 30.5 Å². The number of nitrogens with one attached hydrogen (secondary N) is 1. The monoisotopic (exact) mass is 255 g/mol. The second-order valence-electron chi connectivity index (χ2n) is 4.25. The zero-order valence-electron chi connectivity index (χ0n) is 10.2. The number of halogens is 1. The molecule has 0 spiro atoms. The third kappa shape index (κ3) is 6.17. The predicted molar refractivity (Wildman–Crippen MR) is 69.4 cm³/mol. The van der Waals surface area contributed by atoms with E-state index in [9.17, 15) is 4.79 Å². The van der Waals surface area contributed by atoms with Crippen LogP contribution in [-0.4, -0.2) is 19.1 Å². The Morgan fingerprint density at radius 3 is 2.88 bits per heavy atom. The van der Waals surface area contributed by atoms with Crippen molar-refractivity contribution in [2.24, 2.45) is 5.92 Å². The number of hydrogen-bond donors (Lipinski definition) is 1. The SMILES string of the molecule is CC(C)CC(=O)NCCOc1cccc(Cl)c1. The van der Waals surface area contributed by atoms with Crippen molar-refractivity contribution in [1.82, 2.24) is 5.32 Å². The van der Waals surface area contributed by atoms with Crippen molar-refractivity contribution < 1.29 is 9.53 Å². The lowest BCUT2D eigenvalue weighted by Gasteiger charge is -2.09. The van der Waals surface area contributed by atoms with Crippen LogP contribution in [0.2, 0.25) is 5.02 Å². The van der Waals surface area contributed by atoms with E-state index < -0.39 is 0 Å². The summed E-state index contributed by atoms with van der Waals surface area (Å²) in [4.78, 5) is 11.3. The first kappa shape index (κ1) is 13.8. The fourth-order valence-electron chi connectivity index (χ4n) is 1.36. The highest BCUT2D eigenvalue weighted by molar-refractivity contribution is 6.30. The minimum atomic E-state index is 0.0645. The normalized spacial score (nSPS) is 10.4. The Morgan fingerprint density at radius 2 is 2.24 bits per heavy atom. The molecular weight excluding hydrogens is 238 g/mol. The summed E-state index contributed by atoms with van der Waals surface area (Å²) in [7, 11) is 0. The number of amides is 1. The smallest absolute Gasteiger partial charge is 0.220 e. The van der Waals surface area contributed by atoms with Gasteiger partial charge in [-0.3, -0.25) is 4.79 Å². The van der Waals surface area contributed by atoms with Gasteiger partial charge in [-0.2, -0.15) is 0 Å². The van der Waals surface area contributed by atoms with E-state index in [1.165, 1.54) is 0 Å². The Hall–Kier alpha value is -1.22. The van der Waals surface area contributed by atoms with Crippen LogP contribution < -0.4 is 10.1 Å². The summed E-state index contributed by atoms with van der Waals surface area (Å²) in [6.45, 7) is 4.99. The second-order valence-corrected chi connectivity index (χ2v) is 4.69. The molecule has 1 aromatic rings. The van der Waals surface area contributed by atoms with Crippen LogP contribution in [0, 0.1) is 5.92 Å². The maximum Gasteiger partial charge on any atom is 0.220 e. The van der Waals surface area contributed by atoms with E-state index in [0.717, 1.165) is 5.75 Å². The molecule has 0 aromatic heterocycles. The first-order valence-electron chi connectivity index (χ1n) is 5.73. The zero-order chi connectivity index (χ0) is 12.7. The van der Waals surface area contributed by atoms with Crippen LogP contribution in [-0.2, 0) is 4.79 Å². The molecule has 1 N–H and O–H groups in total. The van der Waals surface area contributed by atoms with Crippen LogP contribution in [0.4, 0.5) is 0 Å². The van der Waals surface area contributed by atoms with E-state index in [1.54, 1.807) is 12.1 Å². The summed E-state index contributed by atoms with van der Waals surface area (Å²) in [5, 5.41) is 3.45. The van der Waals surface area contributed by atoms with Crippen LogP contribution in [0.5, 0.6) is 5.75 Å². The second kappa shape index (κ2) is 7.17. The van der Waals surface area contributed by atoms with Crippen molar-refractivity contribution >= 4 is 17.5 Å². The van der Waals surface area contributed by atoms with Crippen molar-refractivity contribution in [2.75, 3.05) is 13.2 Å². The minimum Gasteiger partial charge on any atom is -0.492 e. The van der Waals surface area contributed by atoms with Gasteiger partial charge in [0.15, 0.2) is 0 Å². The van der Waals surface area contributed by atoms with E-state index in [4.69, 9.17) is 16.3 Å². The summed E-state index contributed by atoms with van der Waals surface area (Å²) in [5.41, 5.74) is 0. The quantitative estimate of drug-likeness (QED) is 0.794. The topological polar surface area (TPSA) is 38.3 Å². The van der Waals surface area contributed by atoms with Gasteiger partial charge < -0.3 is 10.1 Å². The molecule has 0 unspecified atom stereocenters. The Bertz CT molecular complexity index is 366. The molecule has 0 radical (unpaired) electrons. The Kier molecular flexibility index (Phi) is 5.84. The van der Waals surface area contributed by atoms with Gasteiger partial charge in [0.05, 0.1) is 6.54 Å². The van der Waals surface area contributed by atoms with Crippen molar-refractivity contribution in [1.29, 1.82) is 0 Å². The van der Waals surface area contributed by atoms with Gasteiger partial charge in [0.2, 0.25) is 5.91 Å². The van der Waals surface area contributed by atoms with Crippen LogP contribution >= 0.6 is 11.6 Å². The molecule has 0 fully saturated rings. The van der Waals surface area contributed by atoms with Gasteiger partial charge in [0, 0.05) is 11.4 Å². The molecule has 1 aromatic carbocycles. The first-order chi connectivity index (χ1) is 8.08. The highest BCUT2D eigenvalue weighted by Gasteiger charge is 2.03. The van der Waals surface area contributed by atoms with Gasteiger partial charge in [-0.1, -0.05) is 31.5 Å². The molecule has 0 atom stereocenters. The molecule has 1 rings (SSSR count). The zero-order valence-corrected chi connectivity index (χ0v) is 11.0. The summed E-state index contributed by atoms with van der Waals surface area (Å²) in [5.74, 6) is 1.16. The summed E-state index contributed by atoms with van der Waals surface area (Å²) >= 11 is 5.82. The van der Waals surface area contributed by atoms with Crippen LogP contribution in [0.15, 0.2) is 24.3 Å². The van der Waals surface area contributed by atoms with E-state index >= 15 is 0 Å². The molecule has 0 aliphatic carbocycles. The lowest BCUT2D eigenvalue weighted by atomic mass is 10.1. The molecule has 0 aliphatic rings. The molecule has 0 bridgehead atoms. The molecule has 1 amide bonds. The average Bonchev–Trinajstić information content (AvgIpc) is 2.23. The highest BCUT2D eigenvalue weighted by atomic mass is 35.5. The summed E-state index contributed by atoms with van der Waals surface area (Å²) in [6, 6.07) is 7.20.